The quantitative estimate of drug-likeness (QED) is 0.742. The van der Waals surface area contributed by atoms with Gasteiger partial charge >= 0.3 is 0 Å². The van der Waals surface area contributed by atoms with Crippen molar-refractivity contribution >= 4 is 22.9 Å². The van der Waals surface area contributed by atoms with E-state index in [0.29, 0.717) is 11.8 Å². The molecule has 1 aliphatic heterocycles. The SMILES string of the molecule is ClCCc1nnc(C2C3COCC32)s1. The van der Waals surface area contributed by atoms with Gasteiger partial charge in [0.15, 0.2) is 0 Å². The molecule has 0 bridgehead atoms. The van der Waals surface area contributed by atoms with Crippen molar-refractivity contribution in [3.8, 4) is 0 Å². The number of nitrogens with zero attached hydrogens (tertiary/aromatic N) is 2. The summed E-state index contributed by atoms with van der Waals surface area (Å²) < 4.78 is 5.35. The average molecular weight is 231 g/mol. The predicted molar refractivity (Wildman–Crippen MR) is 54.9 cm³/mol. The lowest BCUT2D eigenvalue weighted by Gasteiger charge is -1.97. The van der Waals surface area contributed by atoms with Crippen LogP contribution in [0.15, 0.2) is 0 Å². The summed E-state index contributed by atoms with van der Waals surface area (Å²) in [6.07, 6.45) is 0.845. The Morgan fingerprint density at radius 2 is 2.14 bits per heavy atom. The van der Waals surface area contributed by atoms with Gasteiger partial charge in [-0.3, -0.25) is 0 Å². The summed E-state index contributed by atoms with van der Waals surface area (Å²) in [5.41, 5.74) is 0. The van der Waals surface area contributed by atoms with Crippen LogP contribution in [0.3, 0.4) is 0 Å². The molecular formula is C9H11ClN2OS. The molecule has 1 aromatic heterocycles. The van der Waals surface area contributed by atoms with E-state index in [1.165, 1.54) is 5.01 Å². The van der Waals surface area contributed by atoms with Gasteiger partial charge in [-0.15, -0.1) is 33.1 Å². The topological polar surface area (TPSA) is 35.0 Å². The van der Waals surface area contributed by atoms with Gasteiger partial charge in [-0.25, -0.2) is 0 Å². The van der Waals surface area contributed by atoms with Crippen LogP contribution in [-0.2, 0) is 11.2 Å². The number of fused-ring (bicyclic) bond motifs is 1. The predicted octanol–water partition coefficient (Wildman–Crippen LogP) is 1.68. The lowest BCUT2D eigenvalue weighted by Crippen LogP contribution is -1.96. The van der Waals surface area contributed by atoms with Gasteiger partial charge in [0, 0.05) is 18.2 Å². The lowest BCUT2D eigenvalue weighted by atomic mass is 10.3. The number of alkyl halides is 1. The fraction of sp³-hybridized carbons (Fsp3) is 0.778. The molecule has 1 aliphatic carbocycles. The van der Waals surface area contributed by atoms with E-state index in [1.54, 1.807) is 11.3 Å². The highest BCUT2D eigenvalue weighted by Crippen LogP contribution is 2.57. The first kappa shape index (κ1) is 9.07. The Morgan fingerprint density at radius 3 is 2.86 bits per heavy atom. The molecule has 76 valence electrons. The molecule has 1 aromatic rings. The molecule has 14 heavy (non-hydrogen) atoms. The summed E-state index contributed by atoms with van der Waals surface area (Å²) >= 11 is 7.38. The van der Waals surface area contributed by atoms with Crippen LogP contribution in [-0.4, -0.2) is 29.3 Å². The van der Waals surface area contributed by atoms with E-state index in [9.17, 15) is 0 Å². The zero-order valence-electron chi connectivity index (χ0n) is 7.65. The van der Waals surface area contributed by atoms with Crippen LogP contribution in [0.4, 0.5) is 0 Å². The monoisotopic (exact) mass is 230 g/mol. The van der Waals surface area contributed by atoms with Crippen LogP contribution in [0.1, 0.15) is 15.9 Å². The molecule has 2 aliphatic rings. The minimum atomic E-state index is 0.634. The zero-order valence-corrected chi connectivity index (χ0v) is 9.22. The van der Waals surface area contributed by atoms with Crippen molar-refractivity contribution < 1.29 is 4.74 Å². The van der Waals surface area contributed by atoms with E-state index >= 15 is 0 Å². The van der Waals surface area contributed by atoms with Gasteiger partial charge in [0.25, 0.3) is 0 Å². The van der Waals surface area contributed by atoms with E-state index in [0.717, 1.165) is 36.5 Å². The highest BCUT2D eigenvalue weighted by atomic mass is 35.5. The van der Waals surface area contributed by atoms with Gasteiger partial charge in [-0.05, 0) is 11.8 Å². The van der Waals surface area contributed by atoms with Crippen LogP contribution in [0.25, 0.3) is 0 Å². The molecule has 3 nitrogen and oxygen atoms in total. The van der Waals surface area contributed by atoms with Crippen LogP contribution in [0, 0.1) is 11.8 Å². The van der Waals surface area contributed by atoms with Crippen molar-refractivity contribution in [1.82, 2.24) is 10.2 Å². The highest BCUT2D eigenvalue weighted by Gasteiger charge is 2.56. The van der Waals surface area contributed by atoms with Gasteiger partial charge in [0.2, 0.25) is 0 Å². The summed E-state index contributed by atoms with van der Waals surface area (Å²) in [6, 6.07) is 0. The number of aryl methyl sites for hydroxylation is 1. The first-order valence-corrected chi connectivity index (χ1v) is 6.21. The number of ether oxygens (including phenoxy) is 1. The van der Waals surface area contributed by atoms with Crippen molar-refractivity contribution in [1.29, 1.82) is 0 Å². The Balaban J connectivity index is 1.72. The Hall–Kier alpha value is -0.190. The second-order valence-electron chi connectivity index (χ2n) is 3.86. The lowest BCUT2D eigenvalue weighted by molar-refractivity contribution is 0.160. The third-order valence-corrected chi connectivity index (χ3v) is 4.30. The first-order chi connectivity index (χ1) is 6.90. The molecule has 1 saturated carbocycles. The molecule has 0 amide bonds. The maximum atomic E-state index is 5.66. The number of aromatic nitrogens is 2. The van der Waals surface area contributed by atoms with Crippen LogP contribution >= 0.6 is 22.9 Å². The third-order valence-electron chi connectivity index (χ3n) is 3.03. The van der Waals surface area contributed by atoms with Crippen molar-refractivity contribution in [2.75, 3.05) is 19.1 Å². The number of rotatable bonds is 3. The Kier molecular flexibility index (Phi) is 2.22. The van der Waals surface area contributed by atoms with Crippen LogP contribution < -0.4 is 0 Å². The van der Waals surface area contributed by atoms with Gasteiger partial charge < -0.3 is 4.74 Å². The van der Waals surface area contributed by atoms with Crippen molar-refractivity contribution in [2.45, 2.75) is 12.3 Å². The van der Waals surface area contributed by atoms with E-state index in [1.807, 2.05) is 0 Å². The summed E-state index contributed by atoms with van der Waals surface area (Å²) in [5.74, 6) is 2.74. The molecule has 0 aromatic carbocycles. The number of hydrogen-bond donors (Lipinski definition) is 0. The summed E-state index contributed by atoms with van der Waals surface area (Å²) in [7, 11) is 0. The Bertz CT molecular complexity index is 333. The minimum Gasteiger partial charge on any atom is -0.381 e. The van der Waals surface area contributed by atoms with E-state index < -0.39 is 0 Å². The average Bonchev–Trinajstić information content (AvgIpc) is 2.63. The van der Waals surface area contributed by atoms with Crippen LogP contribution in [0.5, 0.6) is 0 Å². The second-order valence-corrected chi connectivity index (χ2v) is 5.34. The zero-order chi connectivity index (χ0) is 9.54. The molecule has 0 N–H and O–H groups in total. The summed E-state index contributed by atoms with van der Waals surface area (Å²) in [6.45, 7) is 1.83. The highest BCUT2D eigenvalue weighted by molar-refractivity contribution is 7.11. The molecule has 1 saturated heterocycles. The molecule has 2 heterocycles. The van der Waals surface area contributed by atoms with Gasteiger partial charge in [0.1, 0.15) is 10.0 Å². The van der Waals surface area contributed by atoms with Gasteiger partial charge in [0.05, 0.1) is 13.2 Å². The standard InChI is InChI=1S/C9H11ClN2OS/c10-2-1-7-11-12-9(14-7)8-5-3-13-4-6(5)8/h5-6,8H,1-4H2. The molecule has 3 rings (SSSR count). The first-order valence-electron chi connectivity index (χ1n) is 4.86. The third kappa shape index (κ3) is 1.36. The largest absolute Gasteiger partial charge is 0.381 e. The van der Waals surface area contributed by atoms with Crippen molar-refractivity contribution in [2.24, 2.45) is 11.8 Å². The normalized spacial score (nSPS) is 34.5. The maximum absolute atomic E-state index is 5.66. The summed E-state index contributed by atoms with van der Waals surface area (Å²) in [4.78, 5) is 0. The number of hydrogen-bond acceptors (Lipinski definition) is 4. The van der Waals surface area contributed by atoms with Gasteiger partial charge in [-0.1, -0.05) is 0 Å². The van der Waals surface area contributed by atoms with E-state index in [4.69, 9.17) is 16.3 Å². The Labute approximate surface area is 91.4 Å². The minimum absolute atomic E-state index is 0.634. The fourth-order valence-electron chi connectivity index (χ4n) is 2.19. The molecule has 0 radical (unpaired) electrons. The number of halogens is 1. The van der Waals surface area contributed by atoms with E-state index in [2.05, 4.69) is 10.2 Å². The molecule has 2 fully saturated rings. The second kappa shape index (κ2) is 3.43. The van der Waals surface area contributed by atoms with Crippen molar-refractivity contribution in [3.63, 3.8) is 0 Å². The van der Waals surface area contributed by atoms with E-state index in [-0.39, 0.29) is 0 Å². The molecule has 5 heteroatoms. The Morgan fingerprint density at radius 1 is 1.36 bits per heavy atom. The fourth-order valence-corrected chi connectivity index (χ4v) is 3.57. The molecule has 2 atom stereocenters. The summed E-state index contributed by atoms with van der Waals surface area (Å²) in [5, 5.41) is 10.6. The van der Waals surface area contributed by atoms with Crippen LogP contribution in [0.2, 0.25) is 0 Å². The molecule has 0 spiro atoms. The van der Waals surface area contributed by atoms with Gasteiger partial charge in [-0.2, -0.15) is 0 Å². The molecule has 2 unspecified atom stereocenters. The maximum Gasteiger partial charge on any atom is 0.121 e. The van der Waals surface area contributed by atoms with Crippen molar-refractivity contribution in [3.05, 3.63) is 10.0 Å². The molecular weight excluding hydrogens is 220 g/mol. The smallest absolute Gasteiger partial charge is 0.121 e.